The van der Waals surface area contributed by atoms with E-state index < -0.39 is 35.5 Å². The van der Waals surface area contributed by atoms with E-state index in [9.17, 15) is 19.5 Å². The van der Waals surface area contributed by atoms with E-state index in [1.54, 1.807) is 41.5 Å². The van der Waals surface area contributed by atoms with Gasteiger partial charge in [-0.2, -0.15) is 0 Å². The smallest absolute Gasteiger partial charge is 0.407 e. The molecule has 9 nitrogen and oxygen atoms in total. The number of nitrogens with one attached hydrogen (secondary N) is 2. The summed E-state index contributed by atoms with van der Waals surface area (Å²) >= 11 is 0. The first kappa shape index (κ1) is 25.9. The number of aliphatic hydroxyl groups is 1. The second kappa shape index (κ2) is 11.3. The van der Waals surface area contributed by atoms with E-state index in [4.69, 9.17) is 14.6 Å². The third-order valence-corrected chi connectivity index (χ3v) is 2.13. The number of carboxylic acid groups (broad SMARTS) is 1. The molecule has 4 N–H and O–H groups in total. The topological polar surface area (TPSA) is 134 Å². The molecule has 0 unspecified atom stereocenters. The summed E-state index contributed by atoms with van der Waals surface area (Å²) in [5.41, 5.74) is -1.01. The molecule has 2 amide bonds. The number of alkyl carbamates (subject to hydrolysis) is 2. The van der Waals surface area contributed by atoms with Crippen molar-refractivity contribution in [1.82, 2.24) is 10.6 Å². The zero-order chi connectivity index (χ0) is 21.1. The lowest BCUT2D eigenvalue weighted by molar-refractivity contribution is -0.132. The number of aliphatic hydroxyl groups excluding tert-OH is 1. The van der Waals surface area contributed by atoms with Crippen molar-refractivity contribution in [1.29, 1.82) is 0 Å². The highest BCUT2D eigenvalue weighted by molar-refractivity contribution is 5.84. The molecule has 0 aromatic carbocycles. The molecule has 0 atom stereocenters. The van der Waals surface area contributed by atoms with Crippen LogP contribution < -0.4 is 10.6 Å². The highest BCUT2D eigenvalue weighted by atomic mass is 16.6. The minimum Gasteiger partial charge on any atom is -0.478 e. The monoisotopic (exact) mass is 376 g/mol. The first-order valence-electron chi connectivity index (χ1n) is 8.04. The van der Waals surface area contributed by atoms with Gasteiger partial charge in [-0.25, -0.2) is 14.4 Å². The van der Waals surface area contributed by atoms with Crippen LogP contribution in [0.1, 0.15) is 48.5 Å². The Morgan fingerprint density at radius 2 is 1.19 bits per heavy atom. The molecule has 0 rings (SSSR count). The summed E-state index contributed by atoms with van der Waals surface area (Å²) in [7, 11) is 0. The van der Waals surface area contributed by atoms with Gasteiger partial charge in [-0.15, -0.1) is 0 Å². The number of carbonyl (C=O) groups is 3. The van der Waals surface area contributed by atoms with Crippen LogP contribution in [0.25, 0.3) is 0 Å². The van der Waals surface area contributed by atoms with E-state index >= 15 is 0 Å². The first-order valence-corrected chi connectivity index (χ1v) is 8.04. The van der Waals surface area contributed by atoms with Gasteiger partial charge in [0.1, 0.15) is 11.2 Å². The van der Waals surface area contributed by atoms with Gasteiger partial charge in [0, 0.05) is 18.7 Å². The normalized spacial score (nSPS) is 11.0. The summed E-state index contributed by atoms with van der Waals surface area (Å²) < 4.78 is 10.0. The Morgan fingerprint density at radius 1 is 0.923 bits per heavy atom. The lowest BCUT2D eigenvalue weighted by Crippen LogP contribution is -2.42. The van der Waals surface area contributed by atoms with Crippen molar-refractivity contribution in [3.05, 3.63) is 12.2 Å². The second-order valence-corrected chi connectivity index (χ2v) is 7.50. The average Bonchev–Trinajstić information content (AvgIpc) is 2.39. The number of amides is 2. The Kier molecular flexibility index (Phi) is 11.3. The van der Waals surface area contributed by atoms with Crippen molar-refractivity contribution >= 4 is 18.2 Å². The van der Waals surface area contributed by atoms with Gasteiger partial charge in [-0.05, 0) is 48.5 Å². The maximum Gasteiger partial charge on any atom is 0.407 e. The number of rotatable bonds is 5. The molecule has 0 aromatic heterocycles. The molecule has 26 heavy (non-hydrogen) atoms. The molecule has 0 aliphatic heterocycles. The highest BCUT2D eigenvalue weighted by Gasteiger charge is 2.18. The zero-order valence-corrected chi connectivity index (χ0v) is 16.6. The fourth-order valence-corrected chi connectivity index (χ4v) is 1.10. The summed E-state index contributed by atoms with van der Waals surface area (Å²) in [4.78, 5) is 32.3. The molecule has 0 spiro atoms. The molecule has 0 fully saturated rings. The molecule has 0 aliphatic rings. The summed E-state index contributed by atoms with van der Waals surface area (Å²) in [5.74, 6) is -0.935. The Labute approximate surface area is 154 Å². The quantitative estimate of drug-likeness (QED) is 0.539. The molecule has 0 saturated heterocycles. The van der Waals surface area contributed by atoms with Crippen LogP contribution in [-0.4, -0.2) is 58.8 Å². The predicted octanol–water partition coefficient (Wildman–Crippen LogP) is 2.04. The Balaban J connectivity index is 0. The van der Waals surface area contributed by atoms with Crippen molar-refractivity contribution in [3.63, 3.8) is 0 Å². The molecule has 152 valence electrons. The van der Waals surface area contributed by atoms with E-state index in [1.165, 1.54) is 6.92 Å². The Bertz CT molecular complexity index is 446. The van der Waals surface area contributed by atoms with Crippen LogP contribution in [0.2, 0.25) is 0 Å². The van der Waals surface area contributed by atoms with Crippen molar-refractivity contribution in [3.8, 4) is 0 Å². The van der Waals surface area contributed by atoms with Gasteiger partial charge in [0.2, 0.25) is 0 Å². The van der Waals surface area contributed by atoms with Crippen LogP contribution in [0.4, 0.5) is 9.59 Å². The molecule has 0 radical (unpaired) electrons. The fourth-order valence-electron chi connectivity index (χ4n) is 1.10. The SMILES string of the molecule is C=C(C)C(=O)O.CC(C)(C)OC(=O)NCC(O)CNC(=O)OC(C)(C)C. The lowest BCUT2D eigenvalue weighted by atomic mass is 10.2. The van der Waals surface area contributed by atoms with Crippen LogP contribution in [0.5, 0.6) is 0 Å². The maximum atomic E-state index is 11.3. The lowest BCUT2D eigenvalue weighted by Gasteiger charge is -2.21. The standard InChI is InChI=1S/C13H26N2O5.C4H6O2/c1-12(2,3)19-10(17)14-7-9(16)8-15-11(18)20-13(4,5)6;1-3(2)4(5)6/h9,16H,7-8H2,1-6H3,(H,14,17)(H,15,18);1H2,2H3,(H,5,6). The molecule has 0 bridgehead atoms. The van der Waals surface area contributed by atoms with Gasteiger partial charge in [-0.3, -0.25) is 0 Å². The minimum absolute atomic E-state index is 0.0231. The molecular formula is C17H32N2O7. The van der Waals surface area contributed by atoms with Gasteiger partial charge in [0.25, 0.3) is 0 Å². The molecular weight excluding hydrogens is 344 g/mol. The third kappa shape index (κ3) is 19.8. The van der Waals surface area contributed by atoms with E-state index in [1.807, 2.05) is 0 Å². The summed E-state index contributed by atoms with van der Waals surface area (Å²) in [6.07, 6.45) is -2.15. The molecule has 0 aliphatic carbocycles. The van der Waals surface area contributed by atoms with E-state index in [-0.39, 0.29) is 18.7 Å². The van der Waals surface area contributed by atoms with Crippen LogP contribution >= 0.6 is 0 Å². The van der Waals surface area contributed by atoms with Gasteiger partial charge in [0.15, 0.2) is 0 Å². The van der Waals surface area contributed by atoms with Gasteiger partial charge < -0.3 is 30.3 Å². The van der Waals surface area contributed by atoms with E-state index in [0.717, 1.165) is 0 Å². The van der Waals surface area contributed by atoms with E-state index in [0.29, 0.717) is 0 Å². The fraction of sp³-hybridized carbons (Fsp3) is 0.706. The number of carbonyl (C=O) groups excluding carboxylic acids is 2. The van der Waals surface area contributed by atoms with Gasteiger partial charge in [-0.1, -0.05) is 6.58 Å². The van der Waals surface area contributed by atoms with Crippen LogP contribution in [0, 0.1) is 0 Å². The minimum atomic E-state index is -0.935. The van der Waals surface area contributed by atoms with Crippen LogP contribution in [-0.2, 0) is 14.3 Å². The number of aliphatic carboxylic acids is 1. The average molecular weight is 376 g/mol. The maximum absolute atomic E-state index is 11.3. The van der Waals surface area contributed by atoms with Gasteiger partial charge in [0.05, 0.1) is 6.10 Å². The van der Waals surface area contributed by atoms with E-state index in [2.05, 4.69) is 17.2 Å². The number of hydrogen-bond donors (Lipinski definition) is 4. The summed E-state index contributed by atoms with van der Waals surface area (Å²) in [5, 5.41) is 22.3. The van der Waals surface area contributed by atoms with Crippen LogP contribution in [0.15, 0.2) is 12.2 Å². The van der Waals surface area contributed by atoms with Crippen molar-refractivity contribution in [2.45, 2.75) is 65.8 Å². The molecule has 0 saturated carbocycles. The largest absolute Gasteiger partial charge is 0.478 e. The second-order valence-electron chi connectivity index (χ2n) is 7.50. The first-order chi connectivity index (χ1) is 11.5. The summed E-state index contributed by atoms with van der Waals surface area (Å²) in [6, 6.07) is 0. The molecule has 9 heteroatoms. The van der Waals surface area contributed by atoms with Crippen molar-refractivity contribution in [2.24, 2.45) is 0 Å². The zero-order valence-electron chi connectivity index (χ0n) is 16.6. The number of hydrogen-bond acceptors (Lipinski definition) is 6. The van der Waals surface area contributed by atoms with Gasteiger partial charge >= 0.3 is 18.2 Å². The number of ether oxygens (including phenoxy) is 2. The third-order valence-electron chi connectivity index (χ3n) is 2.13. The predicted molar refractivity (Wildman–Crippen MR) is 96.9 cm³/mol. The van der Waals surface area contributed by atoms with Crippen molar-refractivity contribution in [2.75, 3.05) is 13.1 Å². The summed E-state index contributed by atoms with van der Waals surface area (Å²) in [6.45, 7) is 15.0. The Morgan fingerprint density at radius 3 is 1.38 bits per heavy atom. The number of carboxylic acids is 1. The Hall–Kier alpha value is -2.29. The van der Waals surface area contributed by atoms with Crippen LogP contribution in [0.3, 0.4) is 0 Å². The highest BCUT2D eigenvalue weighted by Crippen LogP contribution is 2.07. The molecule has 0 heterocycles. The molecule has 0 aromatic rings. The van der Waals surface area contributed by atoms with Crippen molar-refractivity contribution < 1.29 is 34.1 Å².